The smallest absolute Gasteiger partial charge is 0.178 e. The fraction of sp³-hybridized carbons (Fsp3) is 0.462. The van der Waals surface area contributed by atoms with Crippen LogP contribution in [-0.4, -0.2) is 29.4 Å². The lowest BCUT2D eigenvalue weighted by molar-refractivity contribution is 0.00873. The van der Waals surface area contributed by atoms with E-state index in [-0.39, 0.29) is 5.60 Å². The van der Waals surface area contributed by atoms with E-state index >= 15 is 0 Å². The van der Waals surface area contributed by atoms with E-state index in [0.717, 1.165) is 16.8 Å². The summed E-state index contributed by atoms with van der Waals surface area (Å²) in [6.07, 6.45) is 0. The number of methoxy groups -OCH3 is 2. The normalized spacial score (nSPS) is 12.0. The number of aromatic nitrogens is 2. The summed E-state index contributed by atoms with van der Waals surface area (Å²) < 4.78 is 13.4. The van der Waals surface area contributed by atoms with E-state index in [9.17, 15) is 0 Å². The Morgan fingerprint density at radius 2 is 2.06 bits per heavy atom. The molecule has 0 bridgehead atoms. The van der Waals surface area contributed by atoms with E-state index in [1.54, 1.807) is 14.2 Å². The summed E-state index contributed by atoms with van der Waals surface area (Å²) in [6, 6.07) is 5.88. The van der Waals surface area contributed by atoms with Crippen LogP contribution in [0.25, 0.3) is 11.0 Å². The van der Waals surface area contributed by atoms with Crippen LogP contribution in [0.3, 0.4) is 0 Å². The quantitative estimate of drug-likeness (QED) is 0.864. The fourth-order valence-electron chi connectivity index (χ4n) is 1.87. The van der Waals surface area contributed by atoms with Crippen molar-refractivity contribution in [2.75, 3.05) is 14.2 Å². The zero-order valence-corrected chi connectivity index (χ0v) is 11.9. The van der Waals surface area contributed by atoms with Gasteiger partial charge in [-0.25, -0.2) is 0 Å². The lowest BCUT2D eigenvalue weighted by Crippen LogP contribution is -2.29. The lowest BCUT2D eigenvalue weighted by atomic mass is 10.1. The van der Waals surface area contributed by atoms with Gasteiger partial charge < -0.3 is 19.0 Å². The topological polar surface area (TPSA) is 39.2 Å². The summed E-state index contributed by atoms with van der Waals surface area (Å²) in [7, 11) is 3.36. The van der Waals surface area contributed by atoms with Crippen LogP contribution in [0.1, 0.15) is 13.8 Å². The number of benzene rings is 1. The number of rotatable bonds is 4. The van der Waals surface area contributed by atoms with Gasteiger partial charge in [0, 0.05) is 13.2 Å². The zero-order valence-electron chi connectivity index (χ0n) is 11.1. The van der Waals surface area contributed by atoms with E-state index < -0.39 is 0 Å². The number of fused-ring (bicyclic) bond motifs is 1. The van der Waals surface area contributed by atoms with Crippen molar-refractivity contribution in [1.29, 1.82) is 0 Å². The van der Waals surface area contributed by atoms with Crippen LogP contribution in [0, 0.1) is 4.77 Å². The van der Waals surface area contributed by atoms with Crippen LogP contribution >= 0.6 is 12.2 Å². The standard InChI is InChI=1S/C13H18N2O2S/c1-13(2,17-4)8-15-11-6-5-9(16-3)7-10(11)14-12(15)18/h5-7H,8H2,1-4H3,(H,14,18). The molecule has 0 amide bonds. The molecule has 0 saturated carbocycles. The second kappa shape index (κ2) is 4.74. The second-order valence-corrected chi connectivity index (χ2v) is 5.25. The van der Waals surface area contributed by atoms with Crippen molar-refractivity contribution < 1.29 is 9.47 Å². The Balaban J connectivity index is 2.51. The van der Waals surface area contributed by atoms with Crippen molar-refractivity contribution in [3.05, 3.63) is 23.0 Å². The highest BCUT2D eigenvalue weighted by atomic mass is 32.1. The van der Waals surface area contributed by atoms with E-state index in [1.165, 1.54) is 0 Å². The number of hydrogen-bond acceptors (Lipinski definition) is 3. The molecule has 98 valence electrons. The molecule has 2 aromatic rings. The average molecular weight is 266 g/mol. The number of nitrogens with one attached hydrogen (secondary N) is 1. The minimum absolute atomic E-state index is 0.257. The van der Waals surface area contributed by atoms with Crippen LogP contribution in [0.15, 0.2) is 18.2 Å². The first kappa shape index (κ1) is 13.1. The Morgan fingerprint density at radius 1 is 1.33 bits per heavy atom. The van der Waals surface area contributed by atoms with Crippen molar-refractivity contribution in [3.8, 4) is 5.75 Å². The minimum Gasteiger partial charge on any atom is -0.497 e. The summed E-state index contributed by atoms with van der Waals surface area (Å²) in [5, 5.41) is 0. The number of ether oxygens (including phenoxy) is 2. The van der Waals surface area contributed by atoms with E-state index in [0.29, 0.717) is 11.3 Å². The fourth-order valence-corrected chi connectivity index (χ4v) is 2.14. The van der Waals surface area contributed by atoms with Crippen LogP contribution in [0.5, 0.6) is 5.75 Å². The molecule has 4 nitrogen and oxygen atoms in total. The first-order valence-corrected chi connectivity index (χ1v) is 6.19. The Bertz CT molecular complexity index is 613. The molecular weight excluding hydrogens is 248 g/mol. The predicted octanol–water partition coefficient (Wildman–Crippen LogP) is 3.13. The van der Waals surface area contributed by atoms with Crippen LogP contribution in [0.2, 0.25) is 0 Å². The number of H-pyrrole nitrogens is 1. The van der Waals surface area contributed by atoms with Gasteiger partial charge in [0.1, 0.15) is 5.75 Å². The molecule has 0 fully saturated rings. The highest BCUT2D eigenvalue weighted by Gasteiger charge is 2.19. The summed E-state index contributed by atoms with van der Waals surface area (Å²) >= 11 is 5.36. The maximum absolute atomic E-state index is 5.45. The molecule has 0 radical (unpaired) electrons. The van der Waals surface area contributed by atoms with Gasteiger partial charge in [-0.2, -0.15) is 0 Å². The molecule has 0 aliphatic carbocycles. The number of imidazole rings is 1. The number of hydrogen-bond donors (Lipinski definition) is 1. The van der Waals surface area contributed by atoms with Crippen LogP contribution < -0.4 is 4.74 Å². The van der Waals surface area contributed by atoms with Gasteiger partial charge >= 0.3 is 0 Å². The van der Waals surface area contributed by atoms with E-state index in [1.807, 2.05) is 36.6 Å². The molecule has 0 saturated heterocycles. The van der Waals surface area contributed by atoms with E-state index in [4.69, 9.17) is 21.7 Å². The SMILES string of the molecule is COc1ccc2c(c1)[nH]c(=S)n2CC(C)(C)OC. The van der Waals surface area contributed by atoms with Gasteiger partial charge in [-0.15, -0.1) is 0 Å². The second-order valence-electron chi connectivity index (χ2n) is 4.86. The molecule has 2 rings (SSSR count). The molecule has 0 spiro atoms. The van der Waals surface area contributed by atoms with Gasteiger partial charge in [0.2, 0.25) is 0 Å². The van der Waals surface area contributed by atoms with Gasteiger partial charge in [0.25, 0.3) is 0 Å². The largest absolute Gasteiger partial charge is 0.497 e. The summed E-state index contributed by atoms with van der Waals surface area (Å²) in [5.74, 6) is 0.817. The molecule has 1 N–H and O–H groups in total. The molecule has 5 heteroatoms. The third-order valence-corrected chi connectivity index (χ3v) is 3.40. The van der Waals surface area contributed by atoms with Crippen LogP contribution in [-0.2, 0) is 11.3 Å². The summed E-state index contributed by atoms with van der Waals surface area (Å²) in [4.78, 5) is 3.19. The maximum Gasteiger partial charge on any atom is 0.178 e. The van der Waals surface area contributed by atoms with Gasteiger partial charge in [0.05, 0.1) is 30.3 Å². The van der Waals surface area contributed by atoms with Crippen molar-refractivity contribution >= 4 is 23.3 Å². The molecule has 0 unspecified atom stereocenters. The Labute approximate surface area is 112 Å². The van der Waals surface area contributed by atoms with Crippen molar-refractivity contribution in [2.45, 2.75) is 26.0 Å². The Hall–Kier alpha value is -1.33. The van der Waals surface area contributed by atoms with Crippen molar-refractivity contribution in [2.24, 2.45) is 0 Å². The van der Waals surface area contributed by atoms with Gasteiger partial charge in [-0.1, -0.05) is 0 Å². The minimum atomic E-state index is -0.257. The third-order valence-electron chi connectivity index (χ3n) is 3.07. The van der Waals surface area contributed by atoms with Gasteiger partial charge in [0.15, 0.2) is 4.77 Å². The van der Waals surface area contributed by atoms with Gasteiger partial charge in [-0.05, 0) is 38.2 Å². The molecule has 0 aliphatic rings. The van der Waals surface area contributed by atoms with Gasteiger partial charge in [-0.3, -0.25) is 0 Å². The third kappa shape index (κ3) is 2.42. The Kier molecular flexibility index (Phi) is 3.45. The zero-order chi connectivity index (χ0) is 13.3. The number of nitrogens with zero attached hydrogens (tertiary/aromatic N) is 1. The Morgan fingerprint density at radius 3 is 2.67 bits per heavy atom. The monoisotopic (exact) mass is 266 g/mol. The highest BCUT2D eigenvalue weighted by Crippen LogP contribution is 2.22. The highest BCUT2D eigenvalue weighted by molar-refractivity contribution is 7.71. The first-order valence-electron chi connectivity index (χ1n) is 5.78. The summed E-state index contributed by atoms with van der Waals surface area (Å²) in [5.41, 5.74) is 1.78. The summed E-state index contributed by atoms with van der Waals surface area (Å²) in [6.45, 7) is 4.78. The predicted molar refractivity (Wildman–Crippen MR) is 74.8 cm³/mol. The molecule has 1 aromatic carbocycles. The van der Waals surface area contributed by atoms with E-state index in [2.05, 4.69) is 4.98 Å². The average Bonchev–Trinajstić information content (AvgIpc) is 2.64. The van der Waals surface area contributed by atoms with Crippen LogP contribution in [0.4, 0.5) is 0 Å². The van der Waals surface area contributed by atoms with Crippen molar-refractivity contribution in [1.82, 2.24) is 9.55 Å². The first-order chi connectivity index (χ1) is 8.46. The molecule has 0 atom stereocenters. The van der Waals surface area contributed by atoms with Crippen molar-refractivity contribution in [3.63, 3.8) is 0 Å². The maximum atomic E-state index is 5.45. The lowest BCUT2D eigenvalue weighted by Gasteiger charge is -2.23. The number of aromatic amines is 1. The molecule has 18 heavy (non-hydrogen) atoms. The molecular formula is C13H18N2O2S. The molecule has 0 aliphatic heterocycles. The molecule has 1 heterocycles. The molecule has 1 aromatic heterocycles.